The lowest BCUT2D eigenvalue weighted by molar-refractivity contribution is 0.577. The van der Waals surface area contributed by atoms with Gasteiger partial charge in [0, 0.05) is 27.3 Å². The van der Waals surface area contributed by atoms with E-state index in [1.807, 2.05) is 13.0 Å². The van der Waals surface area contributed by atoms with Crippen LogP contribution in [0, 0.1) is 6.92 Å². The van der Waals surface area contributed by atoms with Crippen LogP contribution in [0.1, 0.15) is 18.2 Å². The predicted octanol–water partition coefficient (Wildman–Crippen LogP) is 14.6. The Kier molecular flexibility index (Phi) is 6.97. The van der Waals surface area contributed by atoms with Crippen molar-refractivity contribution in [2.75, 3.05) is 0 Å². The summed E-state index contributed by atoms with van der Waals surface area (Å²) in [7, 11) is 0. The van der Waals surface area contributed by atoms with Crippen molar-refractivity contribution in [3.63, 3.8) is 0 Å². The normalized spacial score (nSPS) is 12.0. The van der Waals surface area contributed by atoms with Gasteiger partial charge in [-0.2, -0.15) is 0 Å². The van der Waals surface area contributed by atoms with E-state index >= 15 is 0 Å². The van der Waals surface area contributed by atoms with Gasteiger partial charge in [-0.1, -0.05) is 152 Å². The van der Waals surface area contributed by atoms with Gasteiger partial charge in [0.05, 0.1) is 0 Å². The quantitative estimate of drug-likeness (QED) is 0.171. The Morgan fingerprint density at radius 2 is 0.904 bits per heavy atom. The summed E-state index contributed by atoms with van der Waals surface area (Å²) in [5.41, 5.74) is 13.3. The standard InChI is InChI=1S/C50H34O2/c1-3-15-33-31(2)51-47-29-28-32(30-45(33)47)34-16-4-6-19-37(34)48-39-21-8-10-23-41(39)49(42-24-11-9-22-40(42)48)38-20-7-5-17-35(38)43-25-14-26-44-36-18-12-13-27-46(36)52-50(43)44/h3-30H,1-2H3/b15-3-. The van der Waals surface area contributed by atoms with Crippen LogP contribution in [0.5, 0.6) is 0 Å². The first-order valence-corrected chi connectivity index (χ1v) is 17.9. The fourth-order valence-corrected chi connectivity index (χ4v) is 8.34. The molecule has 0 atom stereocenters. The van der Waals surface area contributed by atoms with E-state index in [0.717, 1.165) is 60.9 Å². The molecule has 52 heavy (non-hydrogen) atoms. The van der Waals surface area contributed by atoms with Crippen molar-refractivity contribution in [3.8, 4) is 44.5 Å². The lowest BCUT2D eigenvalue weighted by atomic mass is 9.82. The summed E-state index contributed by atoms with van der Waals surface area (Å²) < 4.78 is 12.7. The molecule has 0 aliphatic rings. The Bertz CT molecular complexity index is 2980. The molecule has 0 unspecified atom stereocenters. The highest BCUT2D eigenvalue weighted by Crippen LogP contribution is 2.49. The molecule has 0 saturated carbocycles. The summed E-state index contributed by atoms with van der Waals surface area (Å²) in [6, 6.07) is 56.8. The molecule has 246 valence electrons. The molecule has 0 fully saturated rings. The van der Waals surface area contributed by atoms with E-state index in [-0.39, 0.29) is 0 Å². The molecule has 2 heteroatoms. The van der Waals surface area contributed by atoms with Gasteiger partial charge in [-0.05, 0) is 92.5 Å². The van der Waals surface area contributed by atoms with Gasteiger partial charge in [-0.15, -0.1) is 0 Å². The first-order chi connectivity index (χ1) is 25.7. The highest BCUT2D eigenvalue weighted by Gasteiger charge is 2.22. The number of rotatable bonds is 5. The Morgan fingerprint density at radius 3 is 1.56 bits per heavy atom. The van der Waals surface area contributed by atoms with Crippen molar-refractivity contribution in [1.29, 1.82) is 0 Å². The molecule has 2 nitrogen and oxygen atoms in total. The van der Waals surface area contributed by atoms with Gasteiger partial charge in [0.25, 0.3) is 0 Å². The summed E-state index contributed by atoms with van der Waals surface area (Å²) in [4.78, 5) is 0. The molecule has 0 N–H and O–H groups in total. The molecule has 2 aromatic heterocycles. The first-order valence-electron chi connectivity index (χ1n) is 17.9. The smallest absolute Gasteiger partial charge is 0.143 e. The molecule has 0 spiro atoms. The average molecular weight is 667 g/mol. The Balaban J connectivity index is 1.25. The largest absolute Gasteiger partial charge is 0.461 e. The van der Waals surface area contributed by atoms with Gasteiger partial charge in [-0.25, -0.2) is 0 Å². The minimum absolute atomic E-state index is 0.904. The zero-order valence-corrected chi connectivity index (χ0v) is 29.0. The number of furan rings is 2. The molecule has 10 rings (SSSR count). The van der Waals surface area contributed by atoms with Crippen molar-refractivity contribution >= 4 is 60.5 Å². The van der Waals surface area contributed by atoms with Crippen LogP contribution in [0.15, 0.2) is 173 Å². The lowest BCUT2D eigenvalue weighted by Crippen LogP contribution is -1.94. The first kappa shape index (κ1) is 30.2. The van der Waals surface area contributed by atoms with Crippen molar-refractivity contribution < 1.29 is 8.83 Å². The number of hydrogen-bond donors (Lipinski definition) is 0. The molecule has 0 aliphatic heterocycles. The fourth-order valence-electron chi connectivity index (χ4n) is 8.34. The third-order valence-electron chi connectivity index (χ3n) is 10.6. The second kappa shape index (κ2) is 12.0. The van der Waals surface area contributed by atoms with Crippen LogP contribution >= 0.6 is 0 Å². The third-order valence-corrected chi connectivity index (χ3v) is 10.6. The number of para-hydroxylation sites is 2. The summed E-state index contributed by atoms with van der Waals surface area (Å²) >= 11 is 0. The van der Waals surface area contributed by atoms with Crippen LogP contribution in [0.2, 0.25) is 0 Å². The molecule has 8 aromatic carbocycles. The molecule has 0 bridgehead atoms. The van der Waals surface area contributed by atoms with E-state index in [4.69, 9.17) is 8.83 Å². The maximum atomic E-state index is 6.58. The predicted molar refractivity (Wildman–Crippen MR) is 220 cm³/mol. The zero-order chi connectivity index (χ0) is 34.8. The summed E-state index contributed by atoms with van der Waals surface area (Å²) in [6.07, 6.45) is 4.22. The number of aryl methyl sites for hydroxylation is 1. The molecular weight excluding hydrogens is 633 g/mol. The maximum absolute atomic E-state index is 6.58. The van der Waals surface area contributed by atoms with Crippen molar-refractivity contribution in [1.82, 2.24) is 0 Å². The minimum atomic E-state index is 0.904. The topological polar surface area (TPSA) is 26.3 Å². The van der Waals surface area contributed by atoms with Gasteiger partial charge in [0.2, 0.25) is 0 Å². The zero-order valence-electron chi connectivity index (χ0n) is 29.0. The molecule has 0 amide bonds. The summed E-state index contributed by atoms with van der Waals surface area (Å²) in [5, 5.41) is 8.26. The van der Waals surface area contributed by atoms with E-state index in [1.54, 1.807) is 0 Å². The van der Waals surface area contributed by atoms with Crippen molar-refractivity contribution in [2.24, 2.45) is 0 Å². The SMILES string of the molecule is C/C=C\c1c(C)oc2ccc(-c3ccccc3-c3c4ccccc4c(-c4ccccc4-c4cccc5c4oc4ccccc45)c4ccccc34)cc12. The number of benzene rings is 8. The third kappa shape index (κ3) is 4.58. The highest BCUT2D eigenvalue weighted by atomic mass is 16.3. The Morgan fingerprint density at radius 1 is 0.404 bits per heavy atom. The Labute approximate surface area is 301 Å². The molecule has 2 heterocycles. The lowest BCUT2D eigenvalue weighted by Gasteiger charge is -2.21. The Hall–Kier alpha value is -6.64. The number of fused-ring (bicyclic) bond motifs is 6. The second-order valence-corrected chi connectivity index (χ2v) is 13.5. The molecule has 0 radical (unpaired) electrons. The van der Waals surface area contributed by atoms with E-state index in [1.165, 1.54) is 49.4 Å². The van der Waals surface area contributed by atoms with Gasteiger partial charge in [0.15, 0.2) is 0 Å². The molecule has 0 aliphatic carbocycles. The van der Waals surface area contributed by atoms with E-state index in [0.29, 0.717) is 0 Å². The second-order valence-electron chi connectivity index (χ2n) is 13.5. The van der Waals surface area contributed by atoms with E-state index < -0.39 is 0 Å². The average Bonchev–Trinajstić information content (AvgIpc) is 3.73. The molecule has 10 aromatic rings. The van der Waals surface area contributed by atoms with Gasteiger partial charge in [0.1, 0.15) is 22.5 Å². The van der Waals surface area contributed by atoms with Crippen LogP contribution < -0.4 is 0 Å². The highest BCUT2D eigenvalue weighted by molar-refractivity contribution is 6.24. The summed E-state index contributed by atoms with van der Waals surface area (Å²) in [6.45, 7) is 4.09. The minimum Gasteiger partial charge on any atom is -0.461 e. The van der Waals surface area contributed by atoms with Crippen LogP contribution in [-0.4, -0.2) is 0 Å². The van der Waals surface area contributed by atoms with Crippen molar-refractivity contribution in [2.45, 2.75) is 13.8 Å². The van der Waals surface area contributed by atoms with Crippen LogP contribution in [0.3, 0.4) is 0 Å². The van der Waals surface area contributed by atoms with E-state index in [9.17, 15) is 0 Å². The number of allylic oxidation sites excluding steroid dienone is 1. The van der Waals surface area contributed by atoms with Gasteiger partial charge in [-0.3, -0.25) is 0 Å². The van der Waals surface area contributed by atoms with E-state index in [2.05, 4.69) is 171 Å². The summed E-state index contributed by atoms with van der Waals surface area (Å²) in [5.74, 6) is 0.933. The van der Waals surface area contributed by atoms with Crippen LogP contribution in [0.25, 0.3) is 105 Å². The molecular formula is C50H34O2. The van der Waals surface area contributed by atoms with Crippen LogP contribution in [0.4, 0.5) is 0 Å². The monoisotopic (exact) mass is 666 g/mol. The maximum Gasteiger partial charge on any atom is 0.143 e. The fraction of sp³-hybridized carbons (Fsp3) is 0.0400. The van der Waals surface area contributed by atoms with Crippen LogP contribution in [-0.2, 0) is 0 Å². The molecule has 0 saturated heterocycles. The van der Waals surface area contributed by atoms with Crippen molar-refractivity contribution in [3.05, 3.63) is 175 Å². The number of hydrogen-bond acceptors (Lipinski definition) is 2. The van der Waals surface area contributed by atoms with Gasteiger partial charge >= 0.3 is 0 Å². The van der Waals surface area contributed by atoms with Gasteiger partial charge < -0.3 is 8.83 Å².